The number of aryl methyl sites for hydroxylation is 1. The van der Waals surface area contributed by atoms with Crippen molar-refractivity contribution in [1.82, 2.24) is 9.55 Å². The first-order valence-electron chi connectivity index (χ1n) is 8.41. The molecule has 146 valence electrons. The van der Waals surface area contributed by atoms with E-state index in [2.05, 4.69) is 10.3 Å². The molecule has 3 rings (SSSR count). The predicted octanol–water partition coefficient (Wildman–Crippen LogP) is 2.76. The number of aromatic nitrogens is 2. The number of nitrogens with one attached hydrogen (secondary N) is 1. The number of thiophene rings is 1. The molecule has 0 aliphatic heterocycles. The van der Waals surface area contributed by atoms with Crippen LogP contribution >= 0.6 is 11.3 Å². The van der Waals surface area contributed by atoms with Gasteiger partial charge in [-0.05, 0) is 31.5 Å². The van der Waals surface area contributed by atoms with Crippen molar-refractivity contribution < 1.29 is 19.1 Å². The molecule has 2 heterocycles. The van der Waals surface area contributed by atoms with Crippen molar-refractivity contribution in [2.45, 2.75) is 19.9 Å². The summed E-state index contributed by atoms with van der Waals surface area (Å²) >= 11 is 1.09. The average Bonchev–Trinajstić information content (AvgIpc) is 3.04. The summed E-state index contributed by atoms with van der Waals surface area (Å²) < 4.78 is 11.2. The number of carbonyl (C=O) groups excluding carboxylic acids is 2. The summed E-state index contributed by atoms with van der Waals surface area (Å²) in [4.78, 5) is 42.5. The van der Waals surface area contributed by atoms with Gasteiger partial charge in [-0.15, -0.1) is 11.3 Å². The van der Waals surface area contributed by atoms with Crippen LogP contribution in [-0.2, 0) is 9.53 Å². The molecule has 0 bridgehead atoms. The summed E-state index contributed by atoms with van der Waals surface area (Å²) in [5.41, 5.74) is 0.608. The van der Waals surface area contributed by atoms with Crippen molar-refractivity contribution in [3.05, 3.63) is 51.4 Å². The zero-order chi connectivity index (χ0) is 20.4. The minimum absolute atomic E-state index is 0.310. The van der Waals surface area contributed by atoms with Gasteiger partial charge in [0.15, 0.2) is 0 Å². The van der Waals surface area contributed by atoms with Crippen LogP contribution in [0.1, 0.15) is 28.2 Å². The number of hydrogen-bond acceptors (Lipinski definition) is 7. The fraction of sp³-hybridized carbons (Fsp3) is 0.263. The van der Waals surface area contributed by atoms with Crippen molar-refractivity contribution in [2.75, 3.05) is 19.5 Å². The lowest BCUT2D eigenvalue weighted by Gasteiger charge is -2.16. The van der Waals surface area contributed by atoms with Gasteiger partial charge in [0.25, 0.3) is 5.56 Å². The Bertz CT molecular complexity index is 1120. The normalized spacial score (nSPS) is 11.9. The molecular formula is C19H19N3O5S. The first-order chi connectivity index (χ1) is 13.4. The third-order valence-electron chi connectivity index (χ3n) is 4.41. The molecule has 9 heteroatoms. The van der Waals surface area contributed by atoms with Gasteiger partial charge in [-0.1, -0.05) is 12.1 Å². The predicted molar refractivity (Wildman–Crippen MR) is 106 cm³/mol. The van der Waals surface area contributed by atoms with Gasteiger partial charge in [0.1, 0.15) is 21.5 Å². The SMILES string of the molecule is COC(=O)c1sc2ncn(C(C)C(=O)Nc3ccccc3OC)c(=O)c2c1C. The topological polar surface area (TPSA) is 99.5 Å². The van der Waals surface area contributed by atoms with Crippen molar-refractivity contribution in [1.29, 1.82) is 0 Å². The van der Waals surface area contributed by atoms with E-state index >= 15 is 0 Å². The number of carbonyl (C=O) groups is 2. The third kappa shape index (κ3) is 3.36. The molecule has 0 fully saturated rings. The van der Waals surface area contributed by atoms with Crippen LogP contribution in [0.4, 0.5) is 5.69 Å². The van der Waals surface area contributed by atoms with E-state index in [4.69, 9.17) is 9.47 Å². The molecule has 3 aromatic rings. The van der Waals surface area contributed by atoms with Crippen LogP contribution in [0.2, 0.25) is 0 Å². The van der Waals surface area contributed by atoms with Crippen LogP contribution in [0.5, 0.6) is 5.75 Å². The van der Waals surface area contributed by atoms with E-state index in [9.17, 15) is 14.4 Å². The van der Waals surface area contributed by atoms with Gasteiger partial charge in [-0.2, -0.15) is 0 Å². The fourth-order valence-corrected chi connectivity index (χ4v) is 3.87. The van der Waals surface area contributed by atoms with E-state index < -0.39 is 23.5 Å². The van der Waals surface area contributed by atoms with Gasteiger partial charge in [-0.3, -0.25) is 14.2 Å². The number of methoxy groups -OCH3 is 2. The van der Waals surface area contributed by atoms with Gasteiger partial charge in [0, 0.05) is 0 Å². The van der Waals surface area contributed by atoms with Gasteiger partial charge >= 0.3 is 5.97 Å². The Morgan fingerprint density at radius 3 is 2.64 bits per heavy atom. The molecule has 0 aliphatic rings. The van der Waals surface area contributed by atoms with Crippen LogP contribution in [0, 0.1) is 6.92 Å². The molecule has 1 amide bonds. The van der Waals surface area contributed by atoms with Crippen molar-refractivity contribution >= 4 is 39.1 Å². The van der Waals surface area contributed by atoms with Crippen LogP contribution in [0.25, 0.3) is 10.2 Å². The van der Waals surface area contributed by atoms with Crippen molar-refractivity contribution in [3.8, 4) is 5.75 Å². The molecule has 1 unspecified atom stereocenters. The molecular weight excluding hydrogens is 382 g/mol. The van der Waals surface area contributed by atoms with Crippen LogP contribution in [-0.4, -0.2) is 35.6 Å². The second-order valence-electron chi connectivity index (χ2n) is 6.05. The Morgan fingerprint density at radius 2 is 1.96 bits per heavy atom. The van der Waals surface area contributed by atoms with Gasteiger partial charge in [0.2, 0.25) is 5.91 Å². The number of rotatable bonds is 5. The van der Waals surface area contributed by atoms with Gasteiger partial charge < -0.3 is 14.8 Å². The Kier molecular flexibility index (Phi) is 5.46. The number of para-hydroxylation sites is 2. The molecule has 8 nitrogen and oxygen atoms in total. The first-order valence-corrected chi connectivity index (χ1v) is 9.23. The molecule has 1 aromatic carbocycles. The number of nitrogens with zero attached hydrogens (tertiary/aromatic N) is 2. The van der Waals surface area contributed by atoms with E-state index in [-0.39, 0.29) is 0 Å². The monoisotopic (exact) mass is 401 g/mol. The number of fused-ring (bicyclic) bond motifs is 1. The smallest absolute Gasteiger partial charge is 0.348 e. The lowest BCUT2D eigenvalue weighted by molar-refractivity contribution is -0.118. The average molecular weight is 401 g/mol. The molecule has 0 spiro atoms. The van der Waals surface area contributed by atoms with Crippen LogP contribution in [0.15, 0.2) is 35.4 Å². The summed E-state index contributed by atoms with van der Waals surface area (Å²) in [5, 5.41) is 3.07. The molecule has 0 radical (unpaired) electrons. The lowest BCUT2D eigenvalue weighted by Crippen LogP contribution is -2.31. The second-order valence-corrected chi connectivity index (χ2v) is 7.05. The van der Waals surface area contributed by atoms with Crippen molar-refractivity contribution in [2.24, 2.45) is 0 Å². The molecule has 2 aromatic heterocycles. The minimum Gasteiger partial charge on any atom is -0.495 e. The molecule has 0 saturated heterocycles. The summed E-state index contributed by atoms with van der Waals surface area (Å²) in [6, 6.07) is 6.17. The standard InChI is InChI=1S/C19H19N3O5S/c1-10-14-17(28-15(10)19(25)27-4)20-9-22(18(14)24)11(2)16(23)21-12-7-5-6-8-13(12)26-3/h5-9,11H,1-4H3,(H,21,23). The second kappa shape index (κ2) is 7.81. The quantitative estimate of drug-likeness (QED) is 0.660. The highest BCUT2D eigenvalue weighted by Gasteiger charge is 2.23. The maximum absolute atomic E-state index is 13.0. The lowest BCUT2D eigenvalue weighted by atomic mass is 10.2. The number of ether oxygens (including phenoxy) is 2. The highest BCUT2D eigenvalue weighted by Crippen LogP contribution is 2.28. The third-order valence-corrected chi connectivity index (χ3v) is 5.59. The Balaban J connectivity index is 1.97. The minimum atomic E-state index is -0.824. The summed E-state index contributed by atoms with van der Waals surface area (Å²) in [5.74, 6) is -0.400. The molecule has 28 heavy (non-hydrogen) atoms. The number of amides is 1. The fourth-order valence-electron chi connectivity index (χ4n) is 2.81. The van der Waals surface area contributed by atoms with Crippen LogP contribution < -0.4 is 15.6 Å². The maximum atomic E-state index is 13.0. The highest BCUT2D eigenvalue weighted by molar-refractivity contribution is 7.20. The highest BCUT2D eigenvalue weighted by atomic mass is 32.1. The van der Waals surface area contributed by atoms with E-state index in [0.717, 1.165) is 11.3 Å². The van der Waals surface area contributed by atoms with Gasteiger partial charge in [-0.25, -0.2) is 9.78 Å². The Labute approximate surface area is 164 Å². The number of anilines is 1. The zero-order valence-corrected chi connectivity index (χ0v) is 16.6. The first kappa shape index (κ1) is 19.6. The van der Waals surface area contributed by atoms with E-state index in [0.29, 0.717) is 32.1 Å². The number of benzene rings is 1. The molecule has 0 aliphatic carbocycles. The van der Waals surface area contributed by atoms with E-state index in [1.165, 1.54) is 25.1 Å². The van der Waals surface area contributed by atoms with E-state index in [1.807, 2.05) is 0 Å². The van der Waals surface area contributed by atoms with E-state index in [1.54, 1.807) is 38.1 Å². The van der Waals surface area contributed by atoms with Crippen LogP contribution in [0.3, 0.4) is 0 Å². The maximum Gasteiger partial charge on any atom is 0.348 e. The number of hydrogen-bond donors (Lipinski definition) is 1. The summed E-state index contributed by atoms with van der Waals surface area (Å²) in [7, 11) is 2.79. The Morgan fingerprint density at radius 1 is 1.25 bits per heavy atom. The number of esters is 1. The largest absolute Gasteiger partial charge is 0.495 e. The molecule has 0 saturated carbocycles. The summed E-state index contributed by atoms with van der Waals surface area (Å²) in [6.07, 6.45) is 1.31. The Hall–Kier alpha value is -3.20. The van der Waals surface area contributed by atoms with Crippen molar-refractivity contribution in [3.63, 3.8) is 0 Å². The summed E-state index contributed by atoms with van der Waals surface area (Å²) in [6.45, 7) is 3.26. The molecule has 1 atom stereocenters. The molecule has 1 N–H and O–H groups in total. The van der Waals surface area contributed by atoms with Gasteiger partial charge in [0.05, 0.1) is 31.6 Å². The zero-order valence-electron chi connectivity index (χ0n) is 15.8.